The SMILES string of the molecule is C=CCOc1ccc(/C=N\NC(=O)CSCc2ccccc2)cc1. The van der Waals surface area contributed by atoms with E-state index >= 15 is 0 Å². The van der Waals surface area contributed by atoms with Gasteiger partial charge in [0.25, 0.3) is 0 Å². The van der Waals surface area contributed by atoms with Gasteiger partial charge in [0.05, 0.1) is 12.0 Å². The minimum Gasteiger partial charge on any atom is -0.490 e. The second kappa shape index (κ2) is 10.3. The highest BCUT2D eigenvalue weighted by atomic mass is 32.2. The number of carbonyl (C=O) groups excluding carboxylic acids is 1. The lowest BCUT2D eigenvalue weighted by atomic mass is 10.2. The molecular formula is C19H20N2O2S. The molecule has 2 aromatic rings. The first kappa shape index (κ1) is 17.8. The number of rotatable bonds is 9. The van der Waals surface area contributed by atoms with Crippen LogP contribution in [0.25, 0.3) is 0 Å². The molecule has 1 N–H and O–H groups in total. The van der Waals surface area contributed by atoms with Crippen molar-refractivity contribution in [2.45, 2.75) is 5.75 Å². The molecule has 0 fully saturated rings. The number of ether oxygens (including phenoxy) is 1. The second-order valence-corrected chi connectivity index (χ2v) is 5.93. The zero-order valence-corrected chi connectivity index (χ0v) is 14.2. The summed E-state index contributed by atoms with van der Waals surface area (Å²) in [5.74, 6) is 1.84. The summed E-state index contributed by atoms with van der Waals surface area (Å²) >= 11 is 1.56. The molecule has 2 rings (SSSR count). The fourth-order valence-electron chi connectivity index (χ4n) is 1.85. The Balaban J connectivity index is 1.69. The molecule has 0 bridgehead atoms. The van der Waals surface area contributed by atoms with Crippen LogP contribution in [0, 0.1) is 0 Å². The Morgan fingerprint density at radius 3 is 2.62 bits per heavy atom. The lowest BCUT2D eigenvalue weighted by Crippen LogP contribution is -2.19. The molecule has 0 aliphatic carbocycles. The molecule has 0 saturated carbocycles. The first-order chi connectivity index (χ1) is 11.8. The van der Waals surface area contributed by atoms with Crippen molar-refractivity contribution in [2.24, 2.45) is 5.10 Å². The van der Waals surface area contributed by atoms with Gasteiger partial charge in [-0.15, -0.1) is 11.8 Å². The zero-order valence-electron chi connectivity index (χ0n) is 13.4. The molecule has 0 aromatic heterocycles. The monoisotopic (exact) mass is 340 g/mol. The van der Waals surface area contributed by atoms with E-state index < -0.39 is 0 Å². The smallest absolute Gasteiger partial charge is 0.250 e. The van der Waals surface area contributed by atoms with Gasteiger partial charge in [0.1, 0.15) is 12.4 Å². The Hall–Kier alpha value is -2.53. The maximum absolute atomic E-state index is 11.7. The van der Waals surface area contributed by atoms with Crippen molar-refractivity contribution in [3.05, 3.63) is 78.4 Å². The van der Waals surface area contributed by atoms with E-state index in [1.54, 1.807) is 24.1 Å². The lowest BCUT2D eigenvalue weighted by molar-refractivity contribution is -0.118. The summed E-state index contributed by atoms with van der Waals surface area (Å²) in [7, 11) is 0. The minimum atomic E-state index is -0.113. The molecule has 5 heteroatoms. The van der Waals surface area contributed by atoms with Gasteiger partial charge in [-0.2, -0.15) is 5.10 Å². The van der Waals surface area contributed by atoms with Gasteiger partial charge >= 0.3 is 0 Å². The number of nitrogens with zero attached hydrogens (tertiary/aromatic N) is 1. The summed E-state index contributed by atoms with van der Waals surface area (Å²) in [4.78, 5) is 11.7. The van der Waals surface area contributed by atoms with Crippen LogP contribution in [-0.2, 0) is 10.5 Å². The number of carbonyl (C=O) groups is 1. The van der Waals surface area contributed by atoms with Gasteiger partial charge in [-0.1, -0.05) is 43.0 Å². The molecule has 0 unspecified atom stereocenters. The van der Waals surface area contributed by atoms with Crippen LogP contribution in [0.1, 0.15) is 11.1 Å². The fourth-order valence-corrected chi connectivity index (χ4v) is 2.63. The van der Waals surface area contributed by atoms with Crippen LogP contribution >= 0.6 is 11.8 Å². The molecule has 0 spiro atoms. The number of hydrazone groups is 1. The van der Waals surface area contributed by atoms with Crippen molar-refractivity contribution in [1.82, 2.24) is 5.43 Å². The summed E-state index contributed by atoms with van der Waals surface area (Å²) in [6, 6.07) is 17.5. The minimum absolute atomic E-state index is 0.113. The number of thioether (sulfide) groups is 1. The highest BCUT2D eigenvalue weighted by molar-refractivity contribution is 7.99. The van der Waals surface area contributed by atoms with Crippen molar-refractivity contribution in [1.29, 1.82) is 0 Å². The van der Waals surface area contributed by atoms with Crippen LogP contribution < -0.4 is 10.2 Å². The number of amides is 1. The van der Waals surface area contributed by atoms with E-state index in [1.807, 2.05) is 54.6 Å². The topological polar surface area (TPSA) is 50.7 Å². The maximum atomic E-state index is 11.7. The van der Waals surface area contributed by atoms with Gasteiger partial charge in [0.2, 0.25) is 5.91 Å². The standard InChI is InChI=1S/C19H20N2O2S/c1-2-12-23-18-10-8-16(9-11-18)13-20-21-19(22)15-24-14-17-6-4-3-5-7-17/h2-11,13H,1,12,14-15H2,(H,21,22)/b20-13-. The van der Waals surface area contributed by atoms with Crippen molar-refractivity contribution in [3.63, 3.8) is 0 Å². The van der Waals surface area contributed by atoms with Crippen LogP contribution in [0.15, 0.2) is 72.4 Å². The second-order valence-electron chi connectivity index (χ2n) is 4.94. The fraction of sp³-hybridized carbons (Fsp3) is 0.158. The summed E-state index contributed by atoms with van der Waals surface area (Å²) in [6.07, 6.45) is 3.30. The van der Waals surface area contributed by atoms with Gasteiger partial charge in [-0.05, 0) is 35.4 Å². The number of benzene rings is 2. The number of hydrogen-bond acceptors (Lipinski definition) is 4. The highest BCUT2D eigenvalue weighted by Crippen LogP contribution is 2.12. The molecule has 0 saturated heterocycles. The summed E-state index contributed by atoms with van der Waals surface area (Å²) in [6.45, 7) is 4.08. The van der Waals surface area contributed by atoms with Crippen LogP contribution in [0.3, 0.4) is 0 Å². The summed E-state index contributed by atoms with van der Waals surface area (Å²) in [5, 5.41) is 3.96. The summed E-state index contributed by atoms with van der Waals surface area (Å²) < 4.78 is 5.40. The number of nitrogens with one attached hydrogen (secondary N) is 1. The molecule has 4 nitrogen and oxygen atoms in total. The molecule has 24 heavy (non-hydrogen) atoms. The van der Waals surface area contributed by atoms with E-state index in [0.29, 0.717) is 12.4 Å². The van der Waals surface area contributed by atoms with Crippen molar-refractivity contribution in [3.8, 4) is 5.75 Å². The number of hydrogen-bond donors (Lipinski definition) is 1. The average Bonchev–Trinajstić information content (AvgIpc) is 2.62. The third-order valence-electron chi connectivity index (χ3n) is 3.00. The van der Waals surface area contributed by atoms with E-state index in [2.05, 4.69) is 17.1 Å². The van der Waals surface area contributed by atoms with E-state index in [1.165, 1.54) is 5.56 Å². The van der Waals surface area contributed by atoms with Crippen LogP contribution in [0.2, 0.25) is 0 Å². The van der Waals surface area contributed by atoms with Gasteiger partial charge < -0.3 is 4.74 Å². The van der Waals surface area contributed by atoms with Crippen molar-refractivity contribution in [2.75, 3.05) is 12.4 Å². The first-order valence-corrected chi connectivity index (χ1v) is 8.71. The van der Waals surface area contributed by atoms with Gasteiger partial charge in [-0.3, -0.25) is 4.79 Å². The Kier molecular flexibility index (Phi) is 7.63. The van der Waals surface area contributed by atoms with Crippen molar-refractivity contribution < 1.29 is 9.53 Å². The lowest BCUT2D eigenvalue weighted by Gasteiger charge is -2.03. The van der Waals surface area contributed by atoms with E-state index in [-0.39, 0.29) is 5.91 Å². The molecule has 124 valence electrons. The highest BCUT2D eigenvalue weighted by Gasteiger charge is 2.00. The molecule has 0 aliphatic heterocycles. The van der Waals surface area contributed by atoms with E-state index in [0.717, 1.165) is 17.1 Å². The largest absolute Gasteiger partial charge is 0.490 e. The Labute approximate surface area is 146 Å². The third kappa shape index (κ3) is 6.71. The molecule has 1 amide bonds. The molecular weight excluding hydrogens is 320 g/mol. The Morgan fingerprint density at radius 1 is 1.17 bits per heavy atom. The predicted octanol–water partition coefficient (Wildman–Crippen LogP) is 3.63. The molecule has 0 heterocycles. The quantitative estimate of drug-likeness (QED) is 0.431. The van der Waals surface area contributed by atoms with E-state index in [9.17, 15) is 4.79 Å². The average molecular weight is 340 g/mol. The van der Waals surface area contributed by atoms with E-state index in [4.69, 9.17) is 4.74 Å². The maximum Gasteiger partial charge on any atom is 0.250 e. The molecule has 0 radical (unpaired) electrons. The Morgan fingerprint density at radius 2 is 1.92 bits per heavy atom. The predicted molar refractivity (Wildman–Crippen MR) is 100 cm³/mol. The first-order valence-electron chi connectivity index (χ1n) is 7.55. The van der Waals surface area contributed by atoms with Crippen molar-refractivity contribution >= 4 is 23.9 Å². The van der Waals surface area contributed by atoms with Crippen LogP contribution in [0.5, 0.6) is 5.75 Å². The third-order valence-corrected chi connectivity index (χ3v) is 4.00. The normalized spacial score (nSPS) is 10.5. The van der Waals surface area contributed by atoms with Gasteiger partial charge in [0, 0.05) is 5.75 Å². The van der Waals surface area contributed by atoms with Crippen LogP contribution in [-0.4, -0.2) is 24.5 Å². The molecule has 0 atom stereocenters. The zero-order chi connectivity index (χ0) is 17.0. The summed E-state index contributed by atoms with van der Waals surface area (Å²) in [5.41, 5.74) is 4.62. The molecule has 2 aromatic carbocycles. The Bertz CT molecular complexity index is 670. The van der Waals surface area contributed by atoms with Gasteiger partial charge in [0.15, 0.2) is 0 Å². The molecule has 0 aliphatic rings. The van der Waals surface area contributed by atoms with Crippen LogP contribution in [0.4, 0.5) is 0 Å². The van der Waals surface area contributed by atoms with Gasteiger partial charge in [-0.25, -0.2) is 5.43 Å².